The number of rotatable bonds is 4. The lowest BCUT2D eigenvalue weighted by Crippen LogP contribution is -2.22. The van der Waals surface area contributed by atoms with Crippen molar-refractivity contribution in [3.05, 3.63) is 18.1 Å². The molecule has 5 nitrogen and oxygen atoms in total. The number of nitrogens with zero attached hydrogens (tertiary/aromatic N) is 3. The van der Waals surface area contributed by atoms with Crippen molar-refractivity contribution in [2.24, 2.45) is 0 Å². The molecule has 1 N–H and O–H groups in total. The first-order valence-electron chi connectivity index (χ1n) is 5.96. The van der Waals surface area contributed by atoms with Gasteiger partial charge in [0.05, 0.1) is 6.10 Å². The third kappa shape index (κ3) is 3.40. The van der Waals surface area contributed by atoms with Gasteiger partial charge in [0, 0.05) is 25.5 Å². The van der Waals surface area contributed by atoms with E-state index in [9.17, 15) is 0 Å². The van der Waals surface area contributed by atoms with E-state index in [0.29, 0.717) is 17.6 Å². The van der Waals surface area contributed by atoms with E-state index in [1.165, 1.54) is 19.0 Å². The summed E-state index contributed by atoms with van der Waals surface area (Å²) < 4.78 is 5.63. The van der Waals surface area contributed by atoms with Crippen LogP contribution < -0.4 is 5.32 Å². The highest BCUT2D eigenvalue weighted by atomic mass is 16.5. The second kappa shape index (κ2) is 6.16. The van der Waals surface area contributed by atoms with Gasteiger partial charge in [-0.15, -0.1) is 0 Å². The molecule has 0 amide bonds. The Bertz CT molecular complexity index is 396. The van der Waals surface area contributed by atoms with Crippen molar-refractivity contribution in [2.45, 2.75) is 31.8 Å². The minimum absolute atomic E-state index is 0.345. The van der Waals surface area contributed by atoms with Gasteiger partial charge in [0.15, 0.2) is 11.5 Å². The van der Waals surface area contributed by atoms with Crippen LogP contribution in [0.5, 0.6) is 0 Å². The van der Waals surface area contributed by atoms with E-state index in [1.54, 1.807) is 6.20 Å². The standard InChI is InChI=1S/C12H16N4O/c13-9-11-12(16-7-6-14-11)15-5-4-10-3-1-2-8-17-10/h6-7,10H,1-5,8H2,(H,15,16). The third-order valence-corrected chi connectivity index (χ3v) is 2.84. The van der Waals surface area contributed by atoms with E-state index in [0.717, 1.165) is 26.0 Å². The summed E-state index contributed by atoms with van der Waals surface area (Å²) in [6, 6.07) is 2.02. The molecule has 90 valence electrons. The van der Waals surface area contributed by atoms with Crippen molar-refractivity contribution in [3.63, 3.8) is 0 Å². The normalized spacial score (nSPS) is 19.6. The monoisotopic (exact) mass is 232 g/mol. The Morgan fingerprint density at radius 3 is 3.06 bits per heavy atom. The van der Waals surface area contributed by atoms with Crippen LogP contribution in [0.1, 0.15) is 31.4 Å². The van der Waals surface area contributed by atoms with Gasteiger partial charge in [-0.3, -0.25) is 0 Å². The molecule has 5 heteroatoms. The highest BCUT2D eigenvalue weighted by molar-refractivity contribution is 5.46. The van der Waals surface area contributed by atoms with Gasteiger partial charge in [-0.05, 0) is 25.7 Å². The molecule has 1 saturated heterocycles. The van der Waals surface area contributed by atoms with E-state index >= 15 is 0 Å². The fourth-order valence-corrected chi connectivity index (χ4v) is 1.94. The lowest BCUT2D eigenvalue weighted by atomic mass is 10.1. The second-order valence-electron chi connectivity index (χ2n) is 4.07. The van der Waals surface area contributed by atoms with Crippen molar-refractivity contribution in [2.75, 3.05) is 18.5 Å². The van der Waals surface area contributed by atoms with Crippen molar-refractivity contribution in [1.29, 1.82) is 5.26 Å². The summed E-state index contributed by atoms with van der Waals surface area (Å²) in [5, 5.41) is 12.0. The number of hydrogen-bond acceptors (Lipinski definition) is 5. The molecule has 1 atom stereocenters. The van der Waals surface area contributed by atoms with Crippen LogP contribution in [0.25, 0.3) is 0 Å². The highest BCUT2D eigenvalue weighted by Crippen LogP contribution is 2.16. The quantitative estimate of drug-likeness (QED) is 0.855. The first-order chi connectivity index (χ1) is 8.40. The summed E-state index contributed by atoms with van der Waals surface area (Å²) >= 11 is 0. The van der Waals surface area contributed by atoms with Crippen molar-refractivity contribution in [3.8, 4) is 6.07 Å². The summed E-state index contributed by atoms with van der Waals surface area (Å²) in [4.78, 5) is 8.04. The SMILES string of the molecule is N#Cc1nccnc1NCCC1CCCCO1. The van der Waals surface area contributed by atoms with Gasteiger partial charge in [-0.2, -0.15) is 5.26 Å². The Morgan fingerprint density at radius 2 is 2.29 bits per heavy atom. The molecule has 1 aliphatic heterocycles. The average molecular weight is 232 g/mol. The molecule has 1 unspecified atom stereocenters. The predicted molar refractivity (Wildman–Crippen MR) is 63.4 cm³/mol. The van der Waals surface area contributed by atoms with Crippen LogP contribution in [0.3, 0.4) is 0 Å². The van der Waals surface area contributed by atoms with Crippen LogP contribution >= 0.6 is 0 Å². The fraction of sp³-hybridized carbons (Fsp3) is 0.583. The smallest absolute Gasteiger partial charge is 0.182 e. The molecule has 2 heterocycles. The van der Waals surface area contributed by atoms with Crippen LogP contribution in [0.4, 0.5) is 5.82 Å². The molecule has 1 aliphatic rings. The molecule has 2 rings (SSSR count). The van der Waals surface area contributed by atoms with Gasteiger partial charge >= 0.3 is 0 Å². The molecule has 0 aliphatic carbocycles. The van der Waals surface area contributed by atoms with Crippen LogP contribution in [-0.2, 0) is 4.74 Å². The van der Waals surface area contributed by atoms with Crippen LogP contribution in [-0.4, -0.2) is 29.2 Å². The maximum atomic E-state index is 8.85. The lowest BCUT2D eigenvalue weighted by Gasteiger charge is -2.22. The second-order valence-corrected chi connectivity index (χ2v) is 4.07. The first-order valence-corrected chi connectivity index (χ1v) is 5.96. The van der Waals surface area contributed by atoms with Gasteiger partial charge < -0.3 is 10.1 Å². The van der Waals surface area contributed by atoms with Gasteiger partial charge in [0.25, 0.3) is 0 Å². The Hall–Kier alpha value is -1.67. The summed E-state index contributed by atoms with van der Waals surface area (Å²) in [5.41, 5.74) is 0.345. The van der Waals surface area contributed by atoms with E-state index in [1.807, 2.05) is 6.07 Å². The molecule has 17 heavy (non-hydrogen) atoms. The largest absolute Gasteiger partial charge is 0.378 e. The molecule has 0 aromatic carbocycles. The minimum atomic E-state index is 0.345. The van der Waals surface area contributed by atoms with Gasteiger partial charge in [-0.1, -0.05) is 0 Å². The van der Waals surface area contributed by atoms with Crippen LogP contribution in [0.15, 0.2) is 12.4 Å². The Morgan fingerprint density at radius 1 is 1.41 bits per heavy atom. The number of aromatic nitrogens is 2. The van der Waals surface area contributed by atoms with Crippen molar-refractivity contribution in [1.82, 2.24) is 9.97 Å². The topological polar surface area (TPSA) is 70.8 Å². The van der Waals surface area contributed by atoms with Gasteiger partial charge in [0.1, 0.15) is 6.07 Å². The van der Waals surface area contributed by atoms with Crippen LogP contribution in [0.2, 0.25) is 0 Å². The molecule has 0 bridgehead atoms. The maximum absolute atomic E-state index is 8.85. The number of anilines is 1. The molecular weight excluding hydrogens is 216 g/mol. The van der Waals surface area contributed by atoms with Crippen molar-refractivity contribution >= 4 is 5.82 Å². The van der Waals surface area contributed by atoms with E-state index in [4.69, 9.17) is 10.00 Å². The zero-order chi connectivity index (χ0) is 11.9. The number of nitrogens with one attached hydrogen (secondary N) is 1. The number of nitriles is 1. The molecule has 1 aromatic rings. The molecule has 0 radical (unpaired) electrons. The van der Waals surface area contributed by atoms with E-state index in [-0.39, 0.29) is 0 Å². The average Bonchev–Trinajstić information content (AvgIpc) is 2.40. The summed E-state index contributed by atoms with van der Waals surface area (Å²) in [6.45, 7) is 1.64. The maximum Gasteiger partial charge on any atom is 0.182 e. The zero-order valence-electron chi connectivity index (χ0n) is 9.72. The highest BCUT2D eigenvalue weighted by Gasteiger charge is 2.13. The fourth-order valence-electron chi connectivity index (χ4n) is 1.94. The zero-order valence-corrected chi connectivity index (χ0v) is 9.72. The molecule has 1 fully saturated rings. The number of hydrogen-bond donors (Lipinski definition) is 1. The predicted octanol–water partition coefficient (Wildman–Crippen LogP) is 1.72. The molecule has 0 spiro atoms. The number of ether oxygens (including phenoxy) is 1. The first kappa shape index (κ1) is 11.8. The summed E-state index contributed by atoms with van der Waals surface area (Å²) in [5.74, 6) is 0.561. The molecule has 0 saturated carbocycles. The Labute approximate surface area is 101 Å². The van der Waals surface area contributed by atoms with Crippen molar-refractivity contribution < 1.29 is 4.74 Å². The Kier molecular flexibility index (Phi) is 4.28. The molecular formula is C12H16N4O. The summed E-state index contributed by atoms with van der Waals surface area (Å²) in [7, 11) is 0. The summed E-state index contributed by atoms with van der Waals surface area (Å²) in [6.07, 6.45) is 7.95. The van der Waals surface area contributed by atoms with Gasteiger partial charge in [-0.25, -0.2) is 9.97 Å². The lowest BCUT2D eigenvalue weighted by molar-refractivity contribution is 0.0134. The van der Waals surface area contributed by atoms with Crippen LogP contribution in [0, 0.1) is 11.3 Å². The van der Waals surface area contributed by atoms with E-state index in [2.05, 4.69) is 15.3 Å². The van der Waals surface area contributed by atoms with E-state index < -0.39 is 0 Å². The van der Waals surface area contributed by atoms with Gasteiger partial charge in [0.2, 0.25) is 0 Å². The third-order valence-electron chi connectivity index (χ3n) is 2.84. The Balaban J connectivity index is 1.79. The molecule has 1 aromatic heterocycles. The minimum Gasteiger partial charge on any atom is -0.378 e.